The summed E-state index contributed by atoms with van der Waals surface area (Å²) >= 11 is 1.62. The molecule has 0 fully saturated rings. The highest BCUT2D eigenvalue weighted by molar-refractivity contribution is 8.05. The first-order valence-electron chi connectivity index (χ1n) is 14.7. The highest BCUT2D eigenvalue weighted by atomic mass is 32.2. The number of allylic oxidation sites excluding steroid dienone is 6. The third-order valence-electron chi connectivity index (χ3n) is 7.44. The number of rotatable bonds is 17. The lowest BCUT2D eigenvalue weighted by Gasteiger charge is -2.28. The second-order valence-corrected chi connectivity index (χ2v) is 11.9. The van der Waals surface area contributed by atoms with E-state index in [4.69, 9.17) is 0 Å². The van der Waals surface area contributed by atoms with Crippen LogP contribution >= 0.6 is 11.8 Å². The molecule has 0 amide bonds. The summed E-state index contributed by atoms with van der Waals surface area (Å²) in [6.45, 7) is 21.3. The molecule has 0 atom stereocenters. The van der Waals surface area contributed by atoms with Crippen LogP contribution in [0, 0.1) is 0 Å². The number of thioether (sulfide) groups is 1. The van der Waals surface area contributed by atoms with Crippen molar-refractivity contribution in [2.75, 3.05) is 13.1 Å². The molecule has 3 heteroatoms. The lowest BCUT2D eigenvalue weighted by molar-refractivity contribution is 0.348. The molecule has 0 saturated carbocycles. The Labute approximate surface area is 248 Å². The summed E-state index contributed by atoms with van der Waals surface area (Å²) in [6, 6.07) is 19.7. The SMILES string of the molecule is C=C(CN(CCCC)C(=C)CCc1ccccc1)NC(=C)S/C=C(\C)c1ccc(CCC2=CC=C(C)CC2)cc1. The lowest BCUT2D eigenvalue weighted by atomic mass is 9.94. The highest BCUT2D eigenvalue weighted by Crippen LogP contribution is 2.25. The van der Waals surface area contributed by atoms with E-state index in [-0.39, 0.29) is 0 Å². The van der Waals surface area contributed by atoms with Crippen molar-refractivity contribution < 1.29 is 0 Å². The molecule has 3 rings (SSSR count). The standard InChI is InChI=1S/C37H48N2S/c1-7-8-26-39(32(5)16-19-34-12-10-9-11-13-34)27-31(4)38-33(6)40-28-30(3)37-24-22-36(23-25-37)21-20-35-17-14-29(2)15-18-35/h9-14,17,22-25,28,38H,4-8,15-16,18-21,26-27H2,1-3H3/b30-28+. The number of nitrogens with one attached hydrogen (secondary N) is 1. The Bertz CT molecular complexity index is 1210. The number of hydrogen-bond acceptors (Lipinski definition) is 3. The molecule has 1 N–H and O–H groups in total. The van der Waals surface area contributed by atoms with Gasteiger partial charge in [0.1, 0.15) is 0 Å². The zero-order valence-corrected chi connectivity index (χ0v) is 25.8. The van der Waals surface area contributed by atoms with Crippen LogP contribution in [0.4, 0.5) is 0 Å². The molecule has 0 spiro atoms. The monoisotopic (exact) mass is 552 g/mol. The molecule has 2 aromatic rings. The summed E-state index contributed by atoms with van der Waals surface area (Å²) in [7, 11) is 0. The van der Waals surface area contributed by atoms with Gasteiger partial charge < -0.3 is 10.2 Å². The van der Waals surface area contributed by atoms with Crippen molar-refractivity contribution in [3.8, 4) is 0 Å². The summed E-state index contributed by atoms with van der Waals surface area (Å²) in [5.74, 6) is 0. The van der Waals surface area contributed by atoms with Gasteiger partial charge in [0.05, 0.1) is 11.6 Å². The maximum absolute atomic E-state index is 4.41. The minimum absolute atomic E-state index is 0.740. The van der Waals surface area contributed by atoms with Gasteiger partial charge in [0.25, 0.3) is 0 Å². The molecule has 0 heterocycles. The number of nitrogens with zero attached hydrogens (tertiary/aromatic N) is 1. The molecule has 2 aromatic carbocycles. The van der Waals surface area contributed by atoms with E-state index >= 15 is 0 Å². The van der Waals surface area contributed by atoms with Gasteiger partial charge in [-0.2, -0.15) is 0 Å². The first kappa shape index (κ1) is 31.4. The van der Waals surface area contributed by atoms with E-state index in [0.29, 0.717) is 0 Å². The third-order valence-corrected chi connectivity index (χ3v) is 8.30. The molecule has 0 radical (unpaired) electrons. The summed E-state index contributed by atoms with van der Waals surface area (Å²) in [6.07, 6.45) is 13.5. The minimum Gasteiger partial charge on any atom is -0.369 e. The van der Waals surface area contributed by atoms with E-state index in [1.54, 1.807) is 17.3 Å². The average Bonchev–Trinajstić information content (AvgIpc) is 2.97. The Kier molecular flexibility index (Phi) is 13.2. The normalized spacial score (nSPS) is 13.3. The number of benzene rings is 2. The number of unbranched alkanes of at least 4 members (excludes halogenated alkanes) is 1. The van der Waals surface area contributed by atoms with E-state index in [0.717, 1.165) is 62.3 Å². The van der Waals surface area contributed by atoms with Gasteiger partial charge in [0.2, 0.25) is 0 Å². The van der Waals surface area contributed by atoms with Crippen LogP contribution in [-0.2, 0) is 12.8 Å². The van der Waals surface area contributed by atoms with E-state index in [1.807, 2.05) is 0 Å². The van der Waals surface area contributed by atoms with Crippen molar-refractivity contribution in [3.05, 3.63) is 136 Å². The van der Waals surface area contributed by atoms with Crippen molar-refractivity contribution in [1.82, 2.24) is 10.2 Å². The van der Waals surface area contributed by atoms with Crippen molar-refractivity contribution in [3.63, 3.8) is 0 Å². The van der Waals surface area contributed by atoms with Crippen LogP contribution < -0.4 is 5.32 Å². The van der Waals surface area contributed by atoms with Crippen molar-refractivity contribution in [2.45, 2.75) is 72.1 Å². The first-order chi connectivity index (χ1) is 19.3. The second-order valence-electron chi connectivity index (χ2n) is 10.9. The Balaban J connectivity index is 1.45. The van der Waals surface area contributed by atoms with Gasteiger partial charge in [0, 0.05) is 17.9 Å². The van der Waals surface area contributed by atoms with Crippen LogP contribution in [0.2, 0.25) is 0 Å². The van der Waals surface area contributed by atoms with Gasteiger partial charge in [-0.1, -0.05) is 123 Å². The zero-order valence-electron chi connectivity index (χ0n) is 25.0. The van der Waals surface area contributed by atoms with Crippen LogP contribution in [-0.4, -0.2) is 18.0 Å². The first-order valence-corrected chi connectivity index (χ1v) is 15.6. The van der Waals surface area contributed by atoms with E-state index in [2.05, 4.69) is 123 Å². The Morgan fingerprint density at radius 3 is 2.33 bits per heavy atom. The minimum atomic E-state index is 0.740. The average molecular weight is 553 g/mol. The van der Waals surface area contributed by atoms with E-state index in [1.165, 1.54) is 46.4 Å². The fourth-order valence-electron chi connectivity index (χ4n) is 4.75. The molecule has 0 bridgehead atoms. The van der Waals surface area contributed by atoms with Gasteiger partial charge in [-0.3, -0.25) is 0 Å². The topological polar surface area (TPSA) is 15.3 Å². The molecular weight excluding hydrogens is 504 g/mol. The third kappa shape index (κ3) is 11.1. The maximum atomic E-state index is 4.41. The van der Waals surface area contributed by atoms with Crippen LogP contribution in [0.3, 0.4) is 0 Å². The molecule has 40 heavy (non-hydrogen) atoms. The van der Waals surface area contributed by atoms with Crippen molar-refractivity contribution in [1.29, 1.82) is 0 Å². The lowest BCUT2D eigenvalue weighted by Crippen LogP contribution is -2.30. The predicted molar refractivity (Wildman–Crippen MR) is 179 cm³/mol. The smallest absolute Gasteiger partial charge is 0.0692 e. The van der Waals surface area contributed by atoms with Gasteiger partial charge in [-0.25, -0.2) is 0 Å². The highest BCUT2D eigenvalue weighted by Gasteiger charge is 2.10. The molecule has 212 valence electrons. The fourth-order valence-corrected chi connectivity index (χ4v) is 5.40. The number of hydrogen-bond donors (Lipinski definition) is 1. The van der Waals surface area contributed by atoms with Crippen molar-refractivity contribution >= 4 is 17.3 Å². The Morgan fingerprint density at radius 1 is 0.925 bits per heavy atom. The Hall–Kier alpha value is -3.17. The van der Waals surface area contributed by atoms with Crippen LogP contribution in [0.5, 0.6) is 0 Å². The number of aryl methyl sites for hydroxylation is 2. The molecular formula is C37H48N2S. The van der Waals surface area contributed by atoms with Crippen molar-refractivity contribution in [2.24, 2.45) is 0 Å². The zero-order chi connectivity index (χ0) is 28.7. The molecule has 0 aliphatic heterocycles. The quantitative estimate of drug-likeness (QED) is 0.210. The summed E-state index contributed by atoms with van der Waals surface area (Å²) < 4.78 is 0. The predicted octanol–water partition coefficient (Wildman–Crippen LogP) is 10.2. The molecule has 0 unspecified atom stereocenters. The largest absolute Gasteiger partial charge is 0.369 e. The van der Waals surface area contributed by atoms with Crippen LogP contribution in [0.15, 0.2) is 119 Å². The molecule has 1 aliphatic rings. The summed E-state index contributed by atoms with van der Waals surface area (Å²) in [5, 5.41) is 6.48. The second kappa shape index (κ2) is 16.8. The summed E-state index contributed by atoms with van der Waals surface area (Å²) in [4.78, 5) is 2.37. The Morgan fingerprint density at radius 2 is 1.65 bits per heavy atom. The van der Waals surface area contributed by atoms with E-state index < -0.39 is 0 Å². The van der Waals surface area contributed by atoms with Gasteiger partial charge >= 0.3 is 0 Å². The molecule has 0 aromatic heterocycles. The molecule has 0 saturated heterocycles. The van der Waals surface area contributed by atoms with Gasteiger partial charge in [-0.05, 0) is 86.5 Å². The fraction of sp³-hybridized carbons (Fsp3) is 0.351. The molecule has 2 nitrogen and oxygen atoms in total. The summed E-state index contributed by atoms with van der Waals surface area (Å²) in [5.41, 5.74) is 10.4. The van der Waals surface area contributed by atoms with Gasteiger partial charge in [-0.15, -0.1) is 0 Å². The maximum Gasteiger partial charge on any atom is 0.0692 e. The van der Waals surface area contributed by atoms with Gasteiger partial charge in [0.15, 0.2) is 0 Å². The van der Waals surface area contributed by atoms with Crippen LogP contribution in [0.1, 0.15) is 76.0 Å². The van der Waals surface area contributed by atoms with E-state index in [9.17, 15) is 0 Å². The van der Waals surface area contributed by atoms with Crippen LogP contribution in [0.25, 0.3) is 5.57 Å². The molecule has 1 aliphatic carbocycles.